The fourth-order valence-corrected chi connectivity index (χ4v) is 2.50. The molecule has 20 heavy (non-hydrogen) atoms. The van der Waals surface area contributed by atoms with E-state index in [9.17, 15) is 4.79 Å². The Balaban J connectivity index is 2.16. The molecule has 102 valence electrons. The Bertz CT molecular complexity index is 692. The third-order valence-corrected chi connectivity index (χ3v) is 3.97. The smallest absolute Gasteiger partial charge is 0.265 e. The maximum absolute atomic E-state index is 12.2. The number of aliphatic hydroxyl groups excluding tert-OH is 1. The quantitative estimate of drug-likeness (QED) is 0.833. The van der Waals surface area contributed by atoms with Crippen molar-refractivity contribution >= 4 is 22.9 Å². The number of carbonyl (C=O) groups is 1. The first-order valence-electron chi connectivity index (χ1n) is 6.19. The lowest BCUT2D eigenvalue weighted by molar-refractivity contribution is 0.103. The van der Waals surface area contributed by atoms with Crippen molar-refractivity contribution in [1.82, 2.24) is 0 Å². The summed E-state index contributed by atoms with van der Waals surface area (Å²) in [7, 11) is 0. The molecule has 0 aliphatic carbocycles. The second-order valence-electron chi connectivity index (χ2n) is 4.33. The number of benzene rings is 1. The van der Waals surface area contributed by atoms with Gasteiger partial charge in [-0.05, 0) is 43.2 Å². The predicted octanol–water partition coefficient (Wildman–Crippen LogP) is 2.96. The van der Waals surface area contributed by atoms with Crippen LogP contribution in [0.3, 0.4) is 0 Å². The summed E-state index contributed by atoms with van der Waals surface area (Å²) in [6, 6.07) is 9.35. The first kappa shape index (κ1) is 14.3. The van der Waals surface area contributed by atoms with E-state index in [0.717, 1.165) is 21.7 Å². The molecule has 2 aromatic rings. The van der Waals surface area contributed by atoms with Crippen molar-refractivity contribution in [2.75, 3.05) is 11.9 Å². The van der Waals surface area contributed by atoms with Crippen LogP contribution in [-0.2, 0) is 0 Å². The van der Waals surface area contributed by atoms with Crippen molar-refractivity contribution < 1.29 is 9.90 Å². The first-order valence-corrected chi connectivity index (χ1v) is 7.00. The van der Waals surface area contributed by atoms with Crippen molar-refractivity contribution in [3.05, 3.63) is 51.2 Å². The maximum atomic E-state index is 12.2. The van der Waals surface area contributed by atoms with Gasteiger partial charge in [-0.3, -0.25) is 4.79 Å². The number of aryl methyl sites for hydroxylation is 1. The molecular weight excluding hydrogens is 270 g/mol. The number of anilines is 1. The molecule has 0 aliphatic heterocycles. The van der Waals surface area contributed by atoms with Gasteiger partial charge in [0, 0.05) is 5.69 Å². The third-order valence-electron chi connectivity index (χ3n) is 2.97. The van der Waals surface area contributed by atoms with Crippen LogP contribution >= 0.6 is 11.3 Å². The lowest BCUT2D eigenvalue weighted by Crippen LogP contribution is -2.11. The largest absolute Gasteiger partial charge is 0.384 e. The molecule has 0 unspecified atom stereocenters. The van der Waals surface area contributed by atoms with Gasteiger partial charge in [-0.25, -0.2) is 0 Å². The Labute approximate surface area is 122 Å². The summed E-state index contributed by atoms with van der Waals surface area (Å²) < 4.78 is 0. The van der Waals surface area contributed by atoms with Crippen LogP contribution in [0.2, 0.25) is 0 Å². The van der Waals surface area contributed by atoms with Gasteiger partial charge in [0.25, 0.3) is 5.91 Å². The Morgan fingerprint density at radius 1 is 1.30 bits per heavy atom. The second kappa shape index (κ2) is 6.38. The number of hydrogen-bond acceptors (Lipinski definition) is 3. The van der Waals surface area contributed by atoms with Gasteiger partial charge < -0.3 is 10.4 Å². The van der Waals surface area contributed by atoms with Gasteiger partial charge in [-0.2, -0.15) is 0 Å². The lowest BCUT2D eigenvalue weighted by Gasteiger charge is -2.09. The van der Waals surface area contributed by atoms with Gasteiger partial charge in [-0.1, -0.05) is 24.0 Å². The number of carbonyl (C=O) groups excluding carboxylic acids is 1. The molecule has 3 nitrogen and oxygen atoms in total. The highest BCUT2D eigenvalue weighted by Crippen LogP contribution is 2.21. The van der Waals surface area contributed by atoms with Gasteiger partial charge in [-0.15, -0.1) is 11.3 Å². The van der Waals surface area contributed by atoms with Crippen LogP contribution in [0.4, 0.5) is 5.69 Å². The molecule has 0 fully saturated rings. The van der Waals surface area contributed by atoms with Gasteiger partial charge in [0.2, 0.25) is 0 Å². The SMILES string of the molecule is Cc1cccc(NC(=O)c2ccc(C#CCO)s2)c1C. The number of hydrogen-bond donors (Lipinski definition) is 2. The highest BCUT2D eigenvalue weighted by atomic mass is 32.1. The standard InChI is InChI=1S/C16H15NO2S/c1-11-5-3-7-14(12(11)2)17-16(19)15-9-8-13(20-15)6-4-10-18/h3,5,7-9,18H,10H2,1-2H3,(H,17,19). The first-order chi connectivity index (χ1) is 9.61. The fraction of sp³-hybridized carbons (Fsp3) is 0.188. The molecule has 1 amide bonds. The van der Waals surface area contributed by atoms with Crippen molar-refractivity contribution in [1.29, 1.82) is 0 Å². The molecule has 0 saturated carbocycles. The number of rotatable bonds is 2. The average Bonchev–Trinajstić information content (AvgIpc) is 2.90. The minimum atomic E-state index is -0.179. The summed E-state index contributed by atoms with van der Waals surface area (Å²) >= 11 is 1.31. The van der Waals surface area contributed by atoms with E-state index >= 15 is 0 Å². The molecule has 2 N–H and O–H groups in total. The van der Waals surface area contributed by atoms with Gasteiger partial charge in [0.05, 0.1) is 9.75 Å². The zero-order valence-corrected chi connectivity index (χ0v) is 12.2. The lowest BCUT2D eigenvalue weighted by atomic mass is 10.1. The summed E-state index contributed by atoms with van der Waals surface area (Å²) in [6.07, 6.45) is 0. The molecule has 0 atom stereocenters. The number of thiophene rings is 1. The molecule has 0 bridgehead atoms. The number of amides is 1. The Morgan fingerprint density at radius 2 is 2.10 bits per heavy atom. The van der Waals surface area contributed by atoms with Crippen LogP contribution in [0.25, 0.3) is 0 Å². The zero-order valence-electron chi connectivity index (χ0n) is 11.4. The van der Waals surface area contributed by atoms with Gasteiger partial charge in [0.1, 0.15) is 6.61 Å². The topological polar surface area (TPSA) is 49.3 Å². The fourth-order valence-electron chi connectivity index (χ4n) is 1.72. The van der Waals surface area contributed by atoms with E-state index in [4.69, 9.17) is 5.11 Å². The summed E-state index contributed by atoms with van der Waals surface area (Å²) in [6.45, 7) is 3.82. The van der Waals surface area contributed by atoms with E-state index < -0.39 is 0 Å². The predicted molar refractivity (Wildman–Crippen MR) is 82.2 cm³/mol. The average molecular weight is 285 g/mol. The Hall–Kier alpha value is -2.09. The molecule has 0 saturated heterocycles. The number of aliphatic hydroxyl groups is 1. The van der Waals surface area contributed by atoms with Crippen molar-refractivity contribution in [3.63, 3.8) is 0 Å². The van der Waals surface area contributed by atoms with Crippen LogP contribution in [0.1, 0.15) is 25.7 Å². The van der Waals surface area contributed by atoms with Crippen LogP contribution in [0.5, 0.6) is 0 Å². The summed E-state index contributed by atoms with van der Waals surface area (Å²) in [4.78, 5) is 13.5. The minimum Gasteiger partial charge on any atom is -0.384 e. The number of nitrogens with one attached hydrogen (secondary N) is 1. The summed E-state index contributed by atoms with van der Waals surface area (Å²) in [5, 5.41) is 11.6. The van der Waals surface area contributed by atoms with E-state index in [1.807, 2.05) is 32.0 Å². The molecule has 1 aromatic carbocycles. The van der Waals surface area contributed by atoms with Crippen molar-refractivity contribution in [2.45, 2.75) is 13.8 Å². The molecule has 2 rings (SSSR count). The third kappa shape index (κ3) is 3.27. The molecule has 1 heterocycles. The van der Waals surface area contributed by atoms with Gasteiger partial charge >= 0.3 is 0 Å². The van der Waals surface area contributed by atoms with Crippen LogP contribution in [-0.4, -0.2) is 17.6 Å². The van der Waals surface area contributed by atoms with E-state index in [-0.39, 0.29) is 12.5 Å². The van der Waals surface area contributed by atoms with Crippen LogP contribution in [0.15, 0.2) is 30.3 Å². The monoisotopic (exact) mass is 285 g/mol. The molecule has 0 aliphatic rings. The van der Waals surface area contributed by atoms with E-state index in [1.165, 1.54) is 11.3 Å². The molecule has 4 heteroatoms. The van der Waals surface area contributed by atoms with Crippen molar-refractivity contribution in [3.8, 4) is 11.8 Å². The van der Waals surface area contributed by atoms with E-state index in [2.05, 4.69) is 17.2 Å². The summed E-state index contributed by atoms with van der Waals surface area (Å²) in [5.74, 6) is 5.22. The van der Waals surface area contributed by atoms with E-state index in [1.54, 1.807) is 12.1 Å². The van der Waals surface area contributed by atoms with E-state index in [0.29, 0.717) is 4.88 Å². The highest BCUT2D eigenvalue weighted by molar-refractivity contribution is 7.14. The highest BCUT2D eigenvalue weighted by Gasteiger charge is 2.10. The normalized spacial score (nSPS) is 9.75. The molecule has 0 radical (unpaired) electrons. The Kier molecular flexibility index (Phi) is 4.57. The molecule has 0 spiro atoms. The Morgan fingerprint density at radius 3 is 2.85 bits per heavy atom. The van der Waals surface area contributed by atoms with Crippen molar-refractivity contribution in [2.24, 2.45) is 0 Å². The summed E-state index contributed by atoms with van der Waals surface area (Å²) in [5.41, 5.74) is 3.03. The zero-order chi connectivity index (χ0) is 14.5. The van der Waals surface area contributed by atoms with Crippen LogP contribution in [0, 0.1) is 25.7 Å². The second-order valence-corrected chi connectivity index (χ2v) is 5.41. The molecular formula is C16H15NO2S. The minimum absolute atomic E-state index is 0.138. The van der Waals surface area contributed by atoms with Crippen LogP contribution < -0.4 is 5.32 Å². The van der Waals surface area contributed by atoms with Gasteiger partial charge in [0.15, 0.2) is 0 Å². The molecule has 1 aromatic heterocycles. The maximum Gasteiger partial charge on any atom is 0.265 e.